The van der Waals surface area contributed by atoms with Crippen molar-refractivity contribution in [3.05, 3.63) is 35.4 Å². The van der Waals surface area contributed by atoms with E-state index in [0.717, 1.165) is 11.1 Å². The molecular weight excluding hydrogens is 258 g/mol. The van der Waals surface area contributed by atoms with Gasteiger partial charge in [-0.3, -0.25) is 9.59 Å². The van der Waals surface area contributed by atoms with Crippen LogP contribution in [0.4, 0.5) is 0 Å². The van der Waals surface area contributed by atoms with E-state index in [4.69, 9.17) is 9.84 Å². The van der Waals surface area contributed by atoms with Gasteiger partial charge in [0.25, 0.3) is 0 Å². The number of nitrogens with one attached hydrogen (secondary N) is 1. The predicted molar refractivity (Wildman–Crippen MR) is 72.9 cm³/mol. The third-order valence-corrected chi connectivity index (χ3v) is 3.41. The molecule has 1 aliphatic carbocycles. The van der Waals surface area contributed by atoms with Crippen molar-refractivity contribution in [2.24, 2.45) is 11.8 Å². The summed E-state index contributed by atoms with van der Waals surface area (Å²) in [6, 6.07) is 7.81. The lowest BCUT2D eigenvalue weighted by atomic mass is 10.1. The van der Waals surface area contributed by atoms with Gasteiger partial charge in [-0.1, -0.05) is 24.3 Å². The molecule has 1 fully saturated rings. The van der Waals surface area contributed by atoms with Gasteiger partial charge in [-0.05, 0) is 24.5 Å². The van der Waals surface area contributed by atoms with Gasteiger partial charge in [0.05, 0.1) is 18.4 Å². The molecule has 2 N–H and O–H groups in total. The average molecular weight is 277 g/mol. The Morgan fingerprint density at radius 3 is 2.45 bits per heavy atom. The van der Waals surface area contributed by atoms with Gasteiger partial charge in [0.1, 0.15) is 0 Å². The molecule has 0 aromatic heterocycles. The Balaban J connectivity index is 1.77. The van der Waals surface area contributed by atoms with Crippen LogP contribution in [0.2, 0.25) is 0 Å². The summed E-state index contributed by atoms with van der Waals surface area (Å²) in [5.41, 5.74) is 2.08. The monoisotopic (exact) mass is 277 g/mol. The second-order valence-corrected chi connectivity index (χ2v) is 4.96. The Kier molecular flexibility index (Phi) is 4.74. The number of benzene rings is 1. The van der Waals surface area contributed by atoms with Crippen LogP contribution >= 0.6 is 0 Å². The summed E-state index contributed by atoms with van der Waals surface area (Å²) in [5.74, 6) is -1.91. The molecule has 0 saturated heterocycles. The molecule has 0 radical (unpaired) electrons. The van der Waals surface area contributed by atoms with E-state index < -0.39 is 11.9 Å². The maximum atomic E-state index is 11.7. The number of hydrogen-bond donors (Lipinski definition) is 2. The maximum Gasteiger partial charge on any atom is 0.307 e. The van der Waals surface area contributed by atoms with Gasteiger partial charge in [0, 0.05) is 13.2 Å². The Morgan fingerprint density at radius 2 is 1.90 bits per heavy atom. The highest BCUT2D eigenvalue weighted by Gasteiger charge is 2.48. The first kappa shape index (κ1) is 14.5. The zero-order valence-corrected chi connectivity index (χ0v) is 11.5. The minimum Gasteiger partial charge on any atom is -0.481 e. The quantitative estimate of drug-likeness (QED) is 0.793. The van der Waals surface area contributed by atoms with E-state index in [-0.39, 0.29) is 11.8 Å². The zero-order valence-electron chi connectivity index (χ0n) is 11.5. The number of carboxylic acid groups (broad SMARTS) is 1. The minimum absolute atomic E-state index is 0.171. The second kappa shape index (κ2) is 6.52. The fourth-order valence-electron chi connectivity index (χ4n) is 2.05. The molecule has 0 unspecified atom stereocenters. The van der Waals surface area contributed by atoms with Crippen LogP contribution in [0.5, 0.6) is 0 Å². The molecule has 1 amide bonds. The van der Waals surface area contributed by atoms with Crippen molar-refractivity contribution in [1.82, 2.24) is 5.32 Å². The van der Waals surface area contributed by atoms with Crippen LogP contribution in [-0.2, 0) is 27.5 Å². The highest BCUT2D eigenvalue weighted by Crippen LogP contribution is 2.38. The Bertz CT molecular complexity index is 483. The lowest BCUT2D eigenvalue weighted by Crippen LogP contribution is -2.25. The van der Waals surface area contributed by atoms with Gasteiger partial charge in [-0.2, -0.15) is 0 Å². The fraction of sp³-hybridized carbons (Fsp3) is 0.467. The van der Waals surface area contributed by atoms with Crippen LogP contribution in [-0.4, -0.2) is 23.6 Å². The summed E-state index contributed by atoms with van der Waals surface area (Å²) < 4.78 is 5.31. The molecule has 0 heterocycles. The van der Waals surface area contributed by atoms with Gasteiger partial charge in [-0.25, -0.2) is 0 Å². The molecule has 5 nitrogen and oxygen atoms in total. The van der Waals surface area contributed by atoms with Crippen molar-refractivity contribution in [2.75, 3.05) is 6.61 Å². The first-order chi connectivity index (χ1) is 9.61. The summed E-state index contributed by atoms with van der Waals surface area (Å²) in [5, 5.41) is 11.5. The van der Waals surface area contributed by atoms with Crippen LogP contribution in [0.3, 0.4) is 0 Å². The molecule has 20 heavy (non-hydrogen) atoms. The van der Waals surface area contributed by atoms with Crippen molar-refractivity contribution in [3.8, 4) is 0 Å². The number of carbonyl (C=O) groups excluding carboxylic acids is 1. The van der Waals surface area contributed by atoms with Crippen molar-refractivity contribution < 1.29 is 19.4 Å². The molecule has 0 bridgehead atoms. The van der Waals surface area contributed by atoms with E-state index in [1.165, 1.54) is 0 Å². The molecule has 1 aliphatic rings. The van der Waals surface area contributed by atoms with E-state index in [9.17, 15) is 9.59 Å². The van der Waals surface area contributed by atoms with Crippen LogP contribution in [0, 0.1) is 11.8 Å². The second-order valence-electron chi connectivity index (χ2n) is 4.96. The highest BCUT2D eigenvalue weighted by atomic mass is 16.5. The van der Waals surface area contributed by atoms with Crippen LogP contribution in [0.25, 0.3) is 0 Å². The summed E-state index contributed by atoms with van der Waals surface area (Å²) in [6.45, 7) is 3.65. The summed E-state index contributed by atoms with van der Waals surface area (Å²) in [7, 11) is 0. The molecule has 1 aromatic carbocycles. The topological polar surface area (TPSA) is 75.6 Å². The largest absolute Gasteiger partial charge is 0.481 e. The van der Waals surface area contributed by atoms with E-state index in [1.54, 1.807) is 0 Å². The number of aliphatic carboxylic acids is 1. The molecule has 1 saturated carbocycles. The normalized spacial score (nSPS) is 20.4. The van der Waals surface area contributed by atoms with Gasteiger partial charge in [0.2, 0.25) is 5.91 Å². The molecule has 0 spiro atoms. The SMILES string of the molecule is CCOCc1ccc(CNC(=O)[C@H]2C[C@H]2C(=O)O)cc1. The number of carbonyl (C=O) groups is 2. The maximum absolute atomic E-state index is 11.7. The minimum atomic E-state index is -0.884. The number of rotatable bonds is 7. The molecule has 1 aromatic rings. The highest BCUT2D eigenvalue weighted by molar-refractivity contribution is 5.89. The lowest BCUT2D eigenvalue weighted by molar-refractivity contribution is -0.140. The third-order valence-electron chi connectivity index (χ3n) is 3.41. The average Bonchev–Trinajstić information content (AvgIpc) is 3.24. The standard InChI is InChI=1S/C15H19NO4/c1-2-20-9-11-5-3-10(4-6-11)8-16-14(17)12-7-13(12)15(18)19/h3-6,12-13H,2,7-9H2,1H3,(H,16,17)(H,18,19)/t12-,13+/m0/s1. The predicted octanol–water partition coefficient (Wildman–Crippen LogP) is 1.56. The Morgan fingerprint density at radius 1 is 1.25 bits per heavy atom. The van der Waals surface area contributed by atoms with E-state index in [2.05, 4.69) is 5.32 Å². The summed E-state index contributed by atoms with van der Waals surface area (Å²) in [6.07, 6.45) is 0.453. The van der Waals surface area contributed by atoms with Gasteiger partial charge < -0.3 is 15.2 Å². The van der Waals surface area contributed by atoms with E-state index in [0.29, 0.717) is 26.2 Å². The van der Waals surface area contributed by atoms with Crippen molar-refractivity contribution in [2.45, 2.75) is 26.5 Å². The van der Waals surface area contributed by atoms with Gasteiger partial charge in [-0.15, -0.1) is 0 Å². The Hall–Kier alpha value is -1.88. The third kappa shape index (κ3) is 3.81. The van der Waals surface area contributed by atoms with Crippen LogP contribution < -0.4 is 5.32 Å². The molecule has 108 valence electrons. The van der Waals surface area contributed by atoms with E-state index in [1.807, 2.05) is 31.2 Å². The number of carboxylic acids is 1. The van der Waals surface area contributed by atoms with Gasteiger partial charge >= 0.3 is 5.97 Å². The van der Waals surface area contributed by atoms with Crippen LogP contribution in [0.15, 0.2) is 24.3 Å². The van der Waals surface area contributed by atoms with Crippen molar-refractivity contribution >= 4 is 11.9 Å². The summed E-state index contributed by atoms with van der Waals surface area (Å²) in [4.78, 5) is 22.4. The van der Waals surface area contributed by atoms with Crippen LogP contribution in [0.1, 0.15) is 24.5 Å². The number of hydrogen-bond acceptors (Lipinski definition) is 3. The van der Waals surface area contributed by atoms with Crippen molar-refractivity contribution in [3.63, 3.8) is 0 Å². The lowest BCUT2D eigenvalue weighted by Gasteiger charge is -2.06. The van der Waals surface area contributed by atoms with Crippen molar-refractivity contribution in [1.29, 1.82) is 0 Å². The smallest absolute Gasteiger partial charge is 0.307 e. The first-order valence-corrected chi connectivity index (χ1v) is 6.78. The molecule has 2 atom stereocenters. The number of amides is 1. The Labute approximate surface area is 117 Å². The molecule has 2 rings (SSSR count). The number of ether oxygens (including phenoxy) is 1. The van der Waals surface area contributed by atoms with Gasteiger partial charge in [0.15, 0.2) is 0 Å². The summed E-state index contributed by atoms with van der Waals surface area (Å²) >= 11 is 0. The first-order valence-electron chi connectivity index (χ1n) is 6.78. The zero-order chi connectivity index (χ0) is 14.5. The molecule has 0 aliphatic heterocycles. The van der Waals surface area contributed by atoms with E-state index >= 15 is 0 Å². The molecular formula is C15H19NO4. The molecule has 5 heteroatoms. The fourth-order valence-corrected chi connectivity index (χ4v) is 2.05.